The molecule has 3 heterocycles. The minimum atomic E-state index is -4.56. The predicted molar refractivity (Wildman–Crippen MR) is 128 cm³/mol. The van der Waals surface area contributed by atoms with Crippen molar-refractivity contribution in [2.24, 2.45) is 0 Å². The molecular formula is C27H23F3N2O5. The van der Waals surface area contributed by atoms with Crippen LogP contribution in [-0.2, 0) is 22.3 Å². The summed E-state index contributed by atoms with van der Waals surface area (Å²) in [6.07, 6.45) is -4.56. The minimum absolute atomic E-state index is 0.178. The second kappa shape index (κ2) is 9.02. The number of aliphatic hydroxyl groups is 1. The number of carbonyl (C=O) groups excluding carboxylic acids is 2. The number of nitrogens with zero attached hydrogens (tertiary/aromatic N) is 2. The summed E-state index contributed by atoms with van der Waals surface area (Å²) in [5.74, 6) is -0.975. The summed E-state index contributed by atoms with van der Waals surface area (Å²) in [6, 6.07) is 11.6. The smallest absolute Gasteiger partial charge is 0.416 e. The summed E-state index contributed by atoms with van der Waals surface area (Å²) in [4.78, 5) is 29.4. The number of anilines is 1. The Morgan fingerprint density at radius 3 is 2.59 bits per heavy atom. The zero-order valence-electron chi connectivity index (χ0n) is 20.0. The van der Waals surface area contributed by atoms with Gasteiger partial charge in [-0.1, -0.05) is 12.1 Å². The van der Waals surface area contributed by atoms with Crippen molar-refractivity contribution < 1.29 is 37.0 Å². The van der Waals surface area contributed by atoms with Gasteiger partial charge in [0.15, 0.2) is 0 Å². The van der Waals surface area contributed by atoms with Crippen LogP contribution in [-0.4, -0.2) is 41.9 Å². The molecule has 0 saturated carbocycles. The molecule has 1 atom stereocenters. The van der Waals surface area contributed by atoms with E-state index in [1.54, 1.807) is 37.3 Å². The van der Waals surface area contributed by atoms with Gasteiger partial charge in [-0.2, -0.15) is 13.2 Å². The number of halogens is 3. The van der Waals surface area contributed by atoms with Crippen LogP contribution in [0.25, 0.3) is 5.76 Å². The first-order valence-electron chi connectivity index (χ1n) is 11.5. The van der Waals surface area contributed by atoms with Crippen molar-refractivity contribution >= 4 is 23.1 Å². The van der Waals surface area contributed by atoms with Crippen molar-refractivity contribution in [1.82, 2.24) is 4.90 Å². The fourth-order valence-corrected chi connectivity index (χ4v) is 4.64. The number of ketones is 1. The molecule has 192 valence electrons. The van der Waals surface area contributed by atoms with E-state index in [2.05, 4.69) is 0 Å². The molecular weight excluding hydrogens is 489 g/mol. The molecule has 1 fully saturated rings. The number of carbonyl (C=O) groups is 2. The number of aryl methyl sites for hydroxylation is 1. The highest BCUT2D eigenvalue weighted by Crippen LogP contribution is 2.42. The van der Waals surface area contributed by atoms with Gasteiger partial charge in [-0.3, -0.25) is 9.59 Å². The van der Waals surface area contributed by atoms with Crippen LogP contribution in [0.1, 0.15) is 34.3 Å². The van der Waals surface area contributed by atoms with E-state index < -0.39 is 35.2 Å². The average molecular weight is 512 g/mol. The van der Waals surface area contributed by atoms with Crippen LogP contribution in [0, 0.1) is 6.92 Å². The molecule has 10 heteroatoms. The lowest BCUT2D eigenvalue weighted by Crippen LogP contribution is -2.29. The first-order chi connectivity index (χ1) is 17.5. The topological polar surface area (TPSA) is 83.2 Å². The molecule has 1 aromatic heterocycles. The Balaban J connectivity index is 1.60. The highest BCUT2D eigenvalue weighted by atomic mass is 19.4. The Hall–Kier alpha value is -4.21. The van der Waals surface area contributed by atoms with Crippen molar-refractivity contribution in [1.29, 1.82) is 0 Å². The first-order valence-corrected chi connectivity index (χ1v) is 11.5. The Morgan fingerprint density at radius 2 is 1.89 bits per heavy atom. The van der Waals surface area contributed by atoms with E-state index in [1.165, 1.54) is 12.1 Å². The first kappa shape index (κ1) is 24.5. The summed E-state index contributed by atoms with van der Waals surface area (Å²) < 4.78 is 51.2. The van der Waals surface area contributed by atoms with Crippen LogP contribution in [0.2, 0.25) is 0 Å². The zero-order valence-corrected chi connectivity index (χ0v) is 20.0. The maximum Gasteiger partial charge on any atom is 0.416 e. The van der Waals surface area contributed by atoms with Gasteiger partial charge in [-0.25, -0.2) is 0 Å². The van der Waals surface area contributed by atoms with Gasteiger partial charge in [0.25, 0.3) is 11.7 Å². The fraction of sp³-hybridized carbons (Fsp3) is 0.259. The number of likely N-dealkylation sites (N-methyl/N-ethyl adjacent to an activating group) is 1. The number of likely N-dealkylation sites (tertiary alicyclic amines) is 1. The van der Waals surface area contributed by atoms with Crippen LogP contribution in [0.5, 0.6) is 5.75 Å². The zero-order chi connectivity index (χ0) is 26.5. The molecule has 0 aliphatic carbocycles. The molecule has 2 aromatic carbocycles. The van der Waals surface area contributed by atoms with Crippen molar-refractivity contribution in [2.45, 2.75) is 25.7 Å². The van der Waals surface area contributed by atoms with Gasteiger partial charge >= 0.3 is 6.18 Å². The molecule has 0 bridgehead atoms. The lowest BCUT2D eigenvalue weighted by Gasteiger charge is -2.28. The maximum atomic E-state index is 13.3. The van der Waals surface area contributed by atoms with Gasteiger partial charge in [0, 0.05) is 19.2 Å². The Morgan fingerprint density at radius 1 is 1.11 bits per heavy atom. The number of aliphatic hydroxyl groups excluding tert-OH is 1. The number of rotatable bonds is 4. The van der Waals surface area contributed by atoms with Crippen molar-refractivity contribution in [3.05, 3.63) is 88.4 Å². The summed E-state index contributed by atoms with van der Waals surface area (Å²) in [6.45, 7) is 2.52. The van der Waals surface area contributed by atoms with Gasteiger partial charge in [-0.15, -0.1) is 0 Å². The van der Waals surface area contributed by atoms with Gasteiger partial charge in [-0.05, 0) is 55.0 Å². The molecule has 7 nitrogen and oxygen atoms in total. The lowest BCUT2D eigenvalue weighted by atomic mass is 9.98. The van der Waals surface area contributed by atoms with E-state index in [4.69, 9.17) is 9.15 Å². The van der Waals surface area contributed by atoms with Crippen LogP contribution in [0.15, 0.2) is 64.6 Å². The van der Waals surface area contributed by atoms with Gasteiger partial charge in [0.1, 0.15) is 35.7 Å². The van der Waals surface area contributed by atoms with Gasteiger partial charge in [0.05, 0.1) is 23.4 Å². The molecule has 1 saturated heterocycles. The van der Waals surface area contributed by atoms with E-state index in [0.29, 0.717) is 35.9 Å². The molecule has 37 heavy (non-hydrogen) atoms. The molecule has 1 unspecified atom stereocenters. The van der Waals surface area contributed by atoms with E-state index in [0.717, 1.165) is 17.0 Å². The van der Waals surface area contributed by atoms with E-state index in [9.17, 15) is 27.9 Å². The number of fused-ring (bicyclic) bond motifs is 1. The molecule has 1 amide bonds. The monoisotopic (exact) mass is 512 g/mol. The number of ether oxygens (including phenoxy) is 1. The Labute approximate surface area is 210 Å². The molecule has 2 aliphatic heterocycles. The summed E-state index contributed by atoms with van der Waals surface area (Å²) in [5, 5.41) is 11.3. The summed E-state index contributed by atoms with van der Waals surface area (Å²) >= 11 is 0. The van der Waals surface area contributed by atoms with Crippen LogP contribution < -0.4 is 9.64 Å². The Bertz CT molecular complexity index is 1430. The number of amides is 1. The van der Waals surface area contributed by atoms with E-state index in [-0.39, 0.29) is 23.4 Å². The largest absolute Gasteiger partial charge is 0.507 e. The second-order valence-electron chi connectivity index (χ2n) is 9.03. The van der Waals surface area contributed by atoms with Crippen molar-refractivity contribution in [3.8, 4) is 5.75 Å². The molecule has 0 spiro atoms. The fourth-order valence-electron chi connectivity index (χ4n) is 4.64. The number of Topliss-reactive ketones (excluding diaryl/α,β-unsaturated/α-hetero) is 1. The number of furan rings is 1. The molecule has 2 aliphatic rings. The third-order valence-electron chi connectivity index (χ3n) is 6.51. The number of hydrogen-bond acceptors (Lipinski definition) is 6. The summed E-state index contributed by atoms with van der Waals surface area (Å²) in [7, 11) is 1.87. The van der Waals surface area contributed by atoms with Crippen LogP contribution in [0.3, 0.4) is 0 Å². The van der Waals surface area contributed by atoms with Crippen LogP contribution >= 0.6 is 0 Å². The van der Waals surface area contributed by atoms with Crippen molar-refractivity contribution in [2.75, 3.05) is 25.1 Å². The predicted octanol–water partition coefficient (Wildman–Crippen LogP) is 5.06. The standard InChI is InChI=1S/C27H23F3N2O5/c1-15-6-8-21(37-15)23-22(24(33)17-7-9-20-19(13-17)31(2)10-11-36-20)25(34)26(35)32(23)14-16-4-3-5-18(12-16)27(28,29)30/h3-9,12-13,23,33H,10-11,14H2,1-2H3/b24-22-. The molecule has 0 radical (unpaired) electrons. The van der Waals surface area contributed by atoms with E-state index >= 15 is 0 Å². The van der Waals surface area contributed by atoms with Crippen LogP contribution in [0.4, 0.5) is 18.9 Å². The molecule has 5 rings (SSSR count). The van der Waals surface area contributed by atoms with E-state index in [1.807, 2.05) is 11.9 Å². The van der Waals surface area contributed by atoms with Gasteiger partial charge < -0.3 is 24.1 Å². The lowest BCUT2D eigenvalue weighted by molar-refractivity contribution is -0.140. The highest BCUT2D eigenvalue weighted by Gasteiger charge is 2.47. The van der Waals surface area contributed by atoms with Crippen molar-refractivity contribution in [3.63, 3.8) is 0 Å². The SMILES string of the molecule is Cc1ccc(C2/C(=C(/O)c3ccc4c(c3)N(C)CCO4)C(=O)C(=O)N2Cc2cccc(C(F)(F)F)c2)o1. The number of hydrogen-bond donors (Lipinski definition) is 1. The minimum Gasteiger partial charge on any atom is -0.507 e. The quantitative estimate of drug-likeness (QED) is 0.299. The number of benzene rings is 2. The maximum absolute atomic E-state index is 13.3. The van der Waals surface area contributed by atoms with Gasteiger partial charge in [0.2, 0.25) is 0 Å². The second-order valence-corrected chi connectivity index (χ2v) is 9.03. The summed E-state index contributed by atoms with van der Waals surface area (Å²) in [5.41, 5.74) is 0.107. The normalized spacial score (nSPS) is 19.2. The average Bonchev–Trinajstić information content (AvgIpc) is 3.39. The third-order valence-corrected chi connectivity index (χ3v) is 6.51. The molecule has 3 aromatic rings. The third kappa shape index (κ3) is 4.43. The Kier molecular flexibility index (Phi) is 5.97. The number of alkyl halides is 3. The highest BCUT2D eigenvalue weighted by molar-refractivity contribution is 6.46. The molecule has 1 N–H and O–H groups in total.